The number of hydrogen-bond acceptors (Lipinski definition) is 6. The molecule has 1 aromatic carbocycles. The van der Waals surface area contributed by atoms with Crippen molar-refractivity contribution < 1.29 is 19.2 Å². The Balaban J connectivity index is 1.25. The van der Waals surface area contributed by atoms with Crippen molar-refractivity contribution in [3.05, 3.63) is 29.3 Å². The smallest absolute Gasteiger partial charge is 0.262 e. The van der Waals surface area contributed by atoms with Crippen LogP contribution in [-0.4, -0.2) is 53.7 Å². The van der Waals surface area contributed by atoms with Gasteiger partial charge < -0.3 is 10.6 Å². The van der Waals surface area contributed by atoms with Crippen LogP contribution in [0.1, 0.15) is 72.1 Å². The molecule has 4 aliphatic rings. The number of fused-ring (bicyclic) bond motifs is 1. The zero-order chi connectivity index (χ0) is 21.8. The summed E-state index contributed by atoms with van der Waals surface area (Å²) in [5.74, 6) is -1.89. The highest BCUT2D eigenvalue weighted by Crippen LogP contribution is 2.52. The van der Waals surface area contributed by atoms with Crippen LogP contribution in [0.3, 0.4) is 0 Å². The Bertz CT molecular complexity index is 958. The first-order valence-corrected chi connectivity index (χ1v) is 11.2. The Morgan fingerprint density at radius 2 is 1.68 bits per heavy atom. The van der Waals surface area contributed by atoms with Crippen LogP contribution in [0.2, 0.25) is 0 Å². The Morgan fingerprint density at radius 3 is 2.35 bits per heavy atom. The predicted molar refractivity (Wildman–Crippen MR) is 114 cm³/mol. The minimum Gasteiger partial charge on any atom is -0.382 e. The van der Waals surface area contributed by atoms with Crippen LogP contribution < -0.4 is 16.0 Å². The Labute approximate surface area is 181 Å². The van der Waals surface area contributed by atoms with Crippen molar-refractivity contribution in [2.75, 3.05) is 12.4 Å². The number of piperidine rings is 1. The summed E-state index contributed by atoms with van der Waals surface area (Å²) in [4.78, 5) is 50.4. The van der Waals surface area contributed by atoms with E-state index in [1.807, 2.05) is 13.1 Å². The molecule has 2 aliphatic carbocycles. The average molecular weight is 425 g/mol. The minimum absolute atomic E-state index is 0.120. The molecule has 0 radical (unpaired) electrons. The molecule has 1 saturated heterocycles. The Kier molecular flexibility index (Phi) is 4.84. The molecule has 1 spiro atoms. The zero-order valence-electron chi connectivity index (χ0n) is 17.7. The second kappa shape index (κ2) is 7.44. The number of amides is 4. The van der Waals surface area contributed by atoms with Gasteiger partial charge in [-0.3, -0.25) is 29.4 Å². The SMILES string of the molecule is CNC1CCC2(CC1)CC(Nc1ccc3c(c1)C(=O)N(C1CCC(=O)NC1=O)C3=O)C2. The Hall–Kier alpha value is -2.74. The van der Waals surface area contributed by atoms with E-state index in [0.717, 1.165) is 23.4 Å². The molecule has 164 valence electrons. The summed E-state index contributed by atoms with van der Waals surface area (Å²) >= 11 is 0. The van der Waals surface area contributed by atoms with Crippen LogP contribution in [-0.2, 0) is 9.59 Å². The lowest BCUT2D eigenvalue weighted by Crippen LogP contribution is -2.54. The van der Waals surface area contributed by atoms with E-state index in [4.69, 9.17) is 0 Å². The van der Waals surface area contributed by atoms with Crippen molar-refractivity contribution in [3.8, 4) is 0 Å². The minimum atomic E-state index is -0.930. The quantitative estimate of drug-likeness (QED) is 0.637. The van der Waals surface area contributed by atoms with E-state index in [-0.39, 0.29) is 18.7 Å². The van der Waals surface area contributed by atoms with Crippen LogP contribution in [0.25, 0.3) is 0 Å². The Morgan fingerprint density at radius 1 is 0.968 bits per heavy atom. The molecule has 3 fully saturated rings. The number of imide groups is 2. The molecule has 3 N–H and O–H groups in total. The highest BCUT2D eigenvalue weighted by atomic mass is 16.2. The van der Waals surface area contributed by atoms with Crippen molar-refractivity contribution in [3.63, 3.8) is 0 Å². The first kappa shape index (κ1) is 20.2. The van der Waals surface area contributed by atoms with Gasteiger partial charge in [-0.1, -0.05) is 0 Å². The summed E-state index contributed by atoms with van der Waals surface area (Å²) in [5.41, 5.74) is 1.92. The predicted octanol–water partition coefficient (Wildman–Crippen LogP) is 1.81. The second-order valence-electron chi connectivity index (χ2n) is 9.52. The summed E-state index contributed by atoms with van der Waals surface area (Å²) < 4.78 is 0. The third-order valence-electron chi connectivity index (χ3n) is 7.62. The molecule has 0 bridgehead atoms. The van der Waals surface area contributed by atoms with Gasteiger partial charge in [-0.25, -0.2) is 0 Å². The summed E-state index contributed by atoms with van der Waals surface area (Å²) in [6, 6.07) is 5.32. The lowest BCUT2D eigenvalue weighted by Gasteiger charge is -2.52. The van der Waals surface area contributed by atoms with Crippen LogP contribution in [0.5, 0.6) is 0 Å². The van der Waals surface area contributed by atoms with Gasteiger partial charge in [0.05, 0.1) is 11.1 Å². The molecular formula is C23H28N4O4. The van der Waals surface area contributed by atoms with Crippen LogP contribution in [0.15, 0.2) is 18.2 Å². The molecule has 1 aromatic rings. The number of anilines is 1. The number of hydrogen-bond donors (Lipinski definition) is 3. The van der Waals surface area contributed by atoms with Crippen molar-refractivity contribution in [1.82, 2.24) is 15.5 Å². The van der Waals surface area contributed by atoms with E-state index in [1.165, 1.54) is 25.7 Å². The normalized spacial score (nSPS) is 32.7. The maximum absolute atomic E-state index is 13.0. The van der Waals surface area contributed by atoms with E-state index < -0.39 is 23.8 Å². The highest BCUT2D eigenvalue weighted by Gasteiger charge is 2.47. The fourth-order valence-electron chi connectivity index (χ4n) is 5.81. The molecule has 1 atom stereocenters. The third kappa shape index (κ3) is 3.43. The van der Waals surface area contributed by atoms with Crippen molar-refractivity contribution in [2.24, 2.45) is 5.41 Å². The topological polar surface area (TPSA) is 108 Å². The number of nitrogens with zero attached hydrogens (tertiary/aromatic N) is 1. The van der Waals surface area contributed by atoms with Gasteiger partial charge in [0.15, 0.2) is 0 Å². The molecule has 2 heterocycles. The lowest BCUT2D eigenvalue weighted by atomic mass is 9.57. The fraction of sp³-hybridized carbons (Fsp3) is 0.565. The fourth-order valence-corrected chi connectivity index (χ4v) is 5.81. The van der Waals surface area contributed by atoms with Gasteiger partial charge in [-0.15, -0.1) is 0 Å². The van der Waals surface area contributed by atoms with Gasteiger partial charge in [0.25, 0.3) is 11.8 Å². The summed E-state index contributed by atoms with van der Waals surface area (Å²) in [7, 11) is 2.04. The van der Waals surface area contributed by atoms with Crippen LogP contribution in [0.4, 0.5) is 5.69 Å². The molecule has 2 saturated carbocycles. The molecule has 4 amide bonds. The molecule has 31 heavy (non-hydrogen) atoms. The lowest BCUT2D eigenvalue weighted by molar-refractivity contribution is -0.136. The van der Waals surface area contributed by atoms with E-state index in [0.29, 0.717) is 28.6 Å². The maximum Gasteiger partial charge on any atom is 0.262 e. The van der Waals surface area contributed by atoms with E-state index in [2.05, 4.69) is 16.0 Å². The van der Waals surface area contributed by atoms with Crippen LogP contribution in [0, 0.1) is 5.41 Å². The van der Waals surface area contributed by atoms with Gasteiger partial charge in [0.1, 0.15) is 6.04 Å². The third-order valence-corrected chi connectivity index (χ3v) is 7.62. The standard InChI is InChI=1S/C23H28N4O4/c1-24-13-6-8-23(9-7-13)11-15(12-23)25-14-2-3-16-17(10-14)22(31)27(21(16)30)18-4-5-19(28)26-20(18)29/h2-3,10,13,15,18,24-25H,4-9,11-12H2,1H3,(H,26,28,29). The average Bonchev–Trinajstić information content (AvgIpc) is 2.98. The molecule has 8 nitrogen and oxygen atoms in total. The first-order valence-electron chi connectivity index (χ1n) is 11.2. The molecule has 0 aromatic heterocycles. The summed E-state index contributed by atoms with van der Waals surface area (Å²) in [6.45, 7) is 0. The maximum atomic E-state index is 13.0. The number of carbonyl (C=O) groups is 4. The van der Waals surface area contributed by atoms with Gasteiger partial charge in [-0.05, 0) is 75.6 Å². The van der Waals surface area contributed by atoms with Gasteiger partial charge in [0.2, 0.25) is 11.8 Å². The van der Waals surface area contributed by atoms with Crippen molar-refractivity contribution in [1.29, 1.82) is 0 Å². The van der Waals surface area contributed by atoms with E-state index in [1.54, 1.807) is 12.1 Å². The van der Waals surface area contributed by atoms with Crippen LogP contribution >= 0.6 is 0 Å². The monoisotopic (exact) mass is 424 g/mol. The number of carbonyl (C=O) groups excluding carboxylic acids is 4. The van der Waals surface area contributed by atoms with Gasteiger partial charge in [-0.2, -0.15) is 0 Å². The summed E-state index contributed by atoms with van der Waals surface area (Å²) in [5, 5.41) is 9.13. The number of rotatable bonds is 4. The number of benzene rings is 1. The van der Waals surface area contributed by atoms with Gasteiger partial charge >= 0.3 is 0 Å². The number of nitrogens with one attached hydrogen (secondary N) is 3. The zero-order valence-corrected chi connectivity index (χ0v) is 17.7. The highest BCUT2D eigenvalue weighted by molar-refractivity contribution is 6.23. The second-order valence-corrected chi connectivity index (χ2v) is 9.52. The molecule has 2 aliphatic heterocycles. The van der Waals surface area contributed by atoms with Gasteiger partial charge in [0, 0.05) is 24.2 Å². The van der Waals surface area contributed by atoms with E-state index in [9.17, 15) is 19.2 Å². The molecular weight excluding hydrogens is 396 g/mol. The largest absolute Gasteiger partial charge is 0.382 e. The van der Waals surface area contributed by atoms with Crippen molar-refractivity contribution >= 4 is 29.3 Å². The summed E-state index contributed by atoms with van der Waals surface area (Å²) in [6.07, 6.45) is 7.54. The first-order chi connectivity index (χ1) is 14.9. The molecule has 5 rings (SSSR count). The molecule has 8 heteroatoms. The van der Waals surface area contributed by atoms with Crippen molar-refractivity contribution in [2.45, 2.75) is 69.5 Å². The molecule has 1 unspecified atom stereocenters. The van der Waals surface area contributed by atoms with E-state index >= 15 is 0 Å².